The van der Waals surface area contributed by atoms with E-state index in [4.69, 9.17) is 10.00 Å². The summed E-state index contributed by atoms with van der Waals surface area (Å²) in [4.78, 5) is 4.06. The number of ether oxygens (including phenoxy) is 1. The Bertz CT molecular complexity index is 464. The van der Waals surface area contributed by atoms with Gasteiger partial charge >= 0.3 is 0 Å². The minimum Gasteiger partial charge on any atom is -0.379 e. The summed E-state index contributed by atoms with van der Waals surface area (Å²) in [6.45, 7) is 7.15. The van der Waals surface area contributed by atoms with Gasteiger partial charge in [0.25, 0.3) is 0 Å². The fourth-order valence-corrected chi connectivity index (χ4v) is 2.41. The molecule has 18 heavy (non-hydrogen) atoms. The number of hydrogen-bond donors (Lipinski definition) is 1. The van der Waals surface area contributed by atoms with Crippen molar-refractivity contribution in [2.75, 3.05) is 11.9 Å². The van der Waals surface area contributed by atoms with Crippen LogP contribution in [0.15, 0.2) is 18.5 Å². The normalized spacial score (nSPS) is 25.0. The Balaban J connectivity index is 2.06. The molecule has 4 nitrogen and oxygen atoms in total. The Labute approximate surface area is 108 Å². The fourth-order valence-electron chi connectivity index (χ4n) is 2.41. The number of nitrogens with one attached hydrogen (secondary N) is 1. The van der Waals surface area contributed by atoms with Crippen molar-refractivity contribution in [3.63, 3.8) is 0 Å². The largest absolute Gasteiger partial charge is 0.379 e. The number of pyridine rings is 1. The van der Waals surface area contributed by atoms with Gasteiger partial charge in [0.15, 0.2) is 0 Å². The van der Waals surface area contributed by atoms with Gasteiger partial charge in [-0.25, -0.2) is 0 Å². The first-order valence-corrected chi connectivity index (χ1v) is 6.31. The fraction of sp³-hybridized carbons (Fsp3) is 0.571. The van der Waals surface area contributed by atoms with Crippen molar-refractivity contribution < 1.29 is 4.74 Å². The van der Waals surface area contributed by atoms with Crippen LogP contribution in [0.2, 0.25) is 0 Å². The molecule has 96 valence electrons. The molecule has 1 aliphatic carbocycles. The maximum Gasteiger partial charge on any atom is 0.101 e. The molecule has 1 heterocycles. The molecule has 1 aromatic rings. The van der Waals surface area contributed by atoms with Gasteiger partial charge in [0, 0.05) is 24.3 Å². The summed E-state index contributed by atoms with van der Waals surface area (Å²) in [6, 6.07) is 4.23. The topological polar surface area (TPSA) is 57.9 Å². The number of aromatic nitrogens is 1. The second-order valence-electron chi connectivity index (χ2n) is 5.23. The summed E-state index contributed by atoms with van der Waals surface area (Å²) < 4.78 is 5.70. The van der Waals surface area contributed by atoms with Gasteiger partial charge < -0.3 is 10.1 Å². The van der Waals surface area contributed by atoms with Gasteiger partial charge in [-0.05, 0) is 19.4 Å². The number of rotatable bonds is 4. The Morgan fingerprint density at radius 1 is 1.61 bits per heavy atom. The van der Waals surface area contributed by atoms with E-state index in [9.17, 15) is 0 Å². The van der Waals surface area contributed by atoms with Crippen LogP contribution in [-0.2, 0) is 4.74 Å². The zero-order valence-corrected chi connectivity index (χ0v) is 11.1. The number of hydrogen-bond acceptors (Lipinski definition) is 4. The Morgan fingerprint density at radius 2 is 2.39 bits per heavy atom. The van der Waals surface area contributed by atoms with Crippen LogP contribution in [0, 0.1) is 16.7 Å². The first-order chi connectivity index (χ1) is 8.59. The Hall–Kier alpha value is -1.60. The van der Waals surface area contributed by atoms with E-state index < -0.39 is 0 Å². The molecule has 0 bridgehead atoms. The highest BCUT2D eigenvalue weighted by Gasteiger charge is 2.49. The molecule has 0 saturated heterocycles. The maximum absolute atomic E-state index is 9.05. The van der Waals surface area contributed by atoms with Crippen LogP contribution in [0.1, 0.15) is 32.8 Å². The summed E-state index contributed by atoms with van der Waals surface area (Å²) in [7, 11) is 0. The van der Waals surface area contributed by atoms with Crippen molar-refractivity contribution in [1.82, 2.24) is 4.98 Å². The second kappa shape index (κ2) is 4.95. The van der Waals surface area contributed by atoms with Gasteiger partial charge in [0.2, 0.25) is 0 Å². The molecule has 0 aliphatic heterocycles. The van der Waals surface area contributed by atoms with E-state index in [2.05, 4.69) is 30.2 Å². The molecule has 2 atom stereocenters. The smallest absolute Gasteiger partial charge is 0.101 e. The summed E-state index contributed by atoms with van der Waals surface area (Å²) in [6.07, 6.45) is 4.62. The molecule has 1 N–H and O–H groups in total. The van der Waals surface area contributed by atoms with Crippen molar-refractivity contribution in [2.45, 2.75) is 39.3 Å². The van der Waals surface area contributed by atoms with E-state index >= 15 is 0 Å². The Morgan fingerprint density at radius 3 is 3.00 bits per heavy atom. The van der Waals surface area contributed by atoms with Crippen LogP contribution in [0.4, 0.5) is 5.69 Å². The molecule has 2 unspecified atom stereocenters. The molecule has 2 rings (SSSR count). The van der Waals surface area contributed by atoms with E-state index in [0.29, 0.717) is 17.7 Å². The molecule has 0 aromatic carbocycles. The first-order valence-electron chi connectivity index (χ1n) is 6.31. The highest BCUT2D eigenvalue weighted by atomic mass is 16.5. The standard InChI is InChI=1S/C14H19N3O/c1-4-18-13-7-12(14(13,2)3)17-11-9-16-6-5-10(11)8-15/h5-6,9,12-13,17H,4,7H2,1-3H3. The van der Waals surface area contributed by atoms with Crippen molar-refractivity contribution in [3.8, 4) is 6.07 Å². The van der Waals surface area contributed by atoms with Crippen molar-refractivity contribution in [2.24, 2.45) is 5.41 Å². The molecule has 1 aliphatic rings. The van der Waals surface area contributed by atoms with E-state index in [1.54, 1.807) is 18.5 Å². The van der Waals surface area contributed by atoms with Gasteiger partial charge in [-0.1, -0.05) is 13.8 Å². The molecule has 1 fully saturated rings. The third kappa shape index (κ3) is 2.19. The summed E-state index contributed by atoms with van der Waals surface area (Å²) in [5.41, 5.74) is 1.53. The number of nitrogens with zero attached hydrogens (tertiary/aromatic N) is 2. The second-order valence-corrected chi connectivity index (χ2v) is 5.23. The van der Waals surface area contributed by atoms with Crippen LogP contribution >= 0.6 is 0 Å². The quantitative estimate of drug-likeness (QED) is 0.885. The lowest BCUT2D eigenvalue weighted by Gasteiger charge is -2.52. The molecular weight excluding hydrogens is 226 g/mol. The Kier molecular flexibility index (Phi) is 3.53. The van der Waals surface area contributed by atoms with E-state index in [0.717, 1.165) is 18.7 Å². The molecule has 1 aromatic heterocycles. The minimum atomic E-state index is 0.0819. The summed E-state index contributed by atoms with van der Waals surface area (Å²) >= 11 is 0. The van der Waals surface area contributed by atoms with Crippen molar-refractivity contribution in [3.05, 3.63) is 24.0 Å². The predicted octanol–water partition coefficient (Wildman–Crippen LogP) is 2.57. The average Bonchev–Trinajstić information content (AvgIpc) is 2.38. The van der Waals surface area contributed by atoms with Crippen LogP contribution in [-0.4, -0.2) is 23.7 Å². The van der Waals surface area contributed by atoms with Crippen LogP contribution in [0.25, 0.3) is 0 Å². The van der Waals surface area contributed by atoms with E-state index in [1.165, 1.54) is 0 Å². The number of nitriles is 1. The number of anilines is 1. The van der Waals surface area contributed by atoms with Crippen molar-refractivity contribution >= 4 is 5.69 Å². The van der Waals surface area contributed by atoms with Crippen LogP contribution in [0.5, 0.6) is 0 Å². The van der Waals surface area contributed by atoms with Gasteiger partial charge in [-0.15, -0.1) is 0 Å². The summed E-state index contributed by atoms with van der Waals surface area (Å²) in [5.74, 6) is 0. The summed E-state index contributed by atoms with van der Waals surface area (Å²) in [5, 5.41) is 12.5. The first kappa shape index (κ1) is 12.8. The molecule has 0 amide bonds. The average molecular weight is 245 g/mol. The van der Waals surface area contributed by atoms with E-state index in [1.807, 2.05) is 6.92 Å². The SMILES string of the molecule is CCOC1CC(Nc2cnccc2C#N)C1(C)C. The highest BCUT2D eigenvalue weighted by molar-refractivity contribution is 5.56. The van der Waals surface area contributed by atoms with Gasteiger partial charge in [-0.2, -0.15) is 5.26 Å². The molecular formula is C14H19N3O. The van der Waals surface area contributed by atoms with Gasteiger partial charge in [0.05, 0.1) is 23.6 Å². The van der Waals surface area contributed by atoms with Crippen LogP contribution in [0.3, 0.4) is 0 Å². The van der Waals surface area contributed by atoms with Crippen LogP contribution < -0.4 is 5.32 Å². The molecule has 0 spiro atoms. The zero-order chi connectivity index (χ0) is 13.2. The molecule has 0 radical (unpaired) electrons. The predicted molar refractivity (Wildman–Crippen MR) is 70.2 cm³/mol. The third-order valence-corrected chi connectivity index (χ3v) is 3.82. The molecule has 1 saturated carbocycles. The third-order valence-electron chi connectivity index (χ3n) is 3.82. The zero-order valence-electron chi connectivity index (χ0n) is 11.1. The monoisotopic (exact) mass is 245 g/mol. The maximum atomic E-state index is 9.05. The minimum absolute atomic E-state index is 0.0819. The van der Waals surface area contributed by atoms with E-state index in [-0.39, 0.29) is 5.41 Å². The van der Waals surface area contributed by atoms with Crippen molar-refractivity contribution in [1.29, 1.82) is 5.26 Å². The van der Waals surface area contributed by atoms with Gasteiger partial charge in [-0.3, -0.25) is 4.98 Å². The lowest BCUT2D eigenvalue weighted by Crippen LogP contribution is -2.58. The lowest BCUT2D eigenvalue weighted by molar-refractivity contribution is -0.0976. The van der Waals surface area contributed by atoms with Gasteiger partial charge in [0.1, 0.15) is 6.07 Å². The lowest BCUT2D eigenvalue weighted by atomic mass is 9.64. The highest BCUT2D eigenvalue weighted by Crippen LogP contribution is 2.44. The molecule has 4 heteroatoms.